The first kappa shape index (κ1) is 25.5. The van der Waals surface area contributed by atoms with Gasteiger partial charge in [-0.2, -0.15) is 0 Å². The Morgan fingerprint density at radius 1 is 1.11 bits per heavy atom. The van der Waals surface area contributed by atoms with E-state index in [0.717, 1.165) is 4.90 Å². The highest BCUT2D eigenvalue weighted by molar-refractivity contribution is 8.01. The number of urea groups is 1. The van der Waals surface area contributed by atoms with Crippen molar-refractivity contribution in [3.63, 3.8) is 0 Å². The maximum Gasteiger partial charge on any atom is 0.329 e. The Balaban J connectivity index is 1.40. The van der Waals surface area contributed by atoms with Crippen molar-refractivity contribution in [2.75, 3.05) is 25.0 Å². The second kappa shape index (κ2) is 9.45. The minimum absolute atomic E-state index is 0.0555. The molecule has 3 saturated heterocycles. The number of rotatable bonds is 6. The Kier molecular flexibility index (Phi) is 6.69. The fraction of sp³-hybridized carbons (Fsp3) is 0.478. The number of piperazine rings is 1. The van der Waals surface area contributed by atoms with E-state index < -0.39 is 57.8 Å². The maximum atomic E-state index is 12.8. The third-order valence-corrected chi connectivity index (χ3v) is 8.11. The lowest BCUT2D eigenvalue weighted by Gasteiger charge is -2.43. The van der Waals surface area contributed by atoms with E-state index in [2.05, 4.69) is 10.6 Å². The molecule has 0 aromatic heterocycles. The Morgan fingerprint density at radius 3 is 2.47 bits per heavy atom. The molecule has 0 aliphatic carbocycles. The van der Waals surface area contributed by atoms with E-state index in [9.17, 15) is 33.9 Å². The number of benzene rings is 1. The zero-order valence-electron chi connectivity index (χ0n) is 20.0. The number of carboxylic acids is 1. The number of likely N-dealkylation sites (N-methyl/N-ethyl adjacent to an activating group) is 1. The third-order valence-electron chi connectivity index (χ3n) is 6.54. The normalized spacial score (nSPS) is 24.8. The van der Waals surface area contributed by atoms with Crippen LogP contribution in [0.5, 0.6) is 0 Å². The van der Waals surface area contributed by atoms with Crippen LogP contribution >= 0.6 is 11.8 Å². The van der Waals surface area contributed by atoms with Gasteiger partial charge in [-0.05, 0) is 32.4 Å². The summed E-state index contributed by atoms with van der Waals surface area (Å²) in [6.07, 6.45) is -0.167. The van der Waals surface area contributed by atoms with Crippen LogP contribution in [0.4, 0.5) is 10.5 Å². The van der Waals surface area contributed by atoms with Crippen LogP contribution in [0.15, 0.2) is 24.3 Å². The first-order valence-electron chi connectivity index (χ1n) is 11.5. The summed E-state index contributed by atoms with van der Waals surface area (Å²) in [6.45, 7) is 5.91. The number of para-hydroxylation sites is 1. The summed E-state index contributed by atoms with van der Waals surface area (Å²) in [4.78, 5) is 77.7. The number of fused-ring (bicyclic) bond motifs is 1. The van der Waals surface area contributed by atoms with Crippen LogP contribution < -0.4 is 10.6 Å². The van der Waals surface area contributed by atoms with E-state index in [1.54, 1.807) is 45.0 Å². The SMILES string of the molecule is CCN1CCN(C(=O)Nc2ccccc2CC(=O)NC2C(=O)N3[C@@H]2SC(C)(C)[C@@H]3C(=O)O)C(=O)C1=O. The van der Waals surface area contributed by atoms with E-state index in [0.29, 0.717) is 17.8 Å². The summed E-state index contributed by atoms with van der Waals surface area (Å²) >= 11 is 1.33. The Bertz CT molecular complexity index is 1160. The zero-order valence-corrected chi connectivity index (χ0v) is 20.8. The summed E-state index contributed by atoms with van der Waals surface area (Å²) in [5.41, 5.74) is 0.737. The van der Waals surface area contributed by atoms with Crippen molar-refractivity contribution in [2.45, 2.75) is 49.4 Å². The number of β-lactam (4-membered cyclic amide) rings is 1. The quantitative estimate of drug-likeness (QED) is 0.354. The number of carbonyl (C=O) groups is 6. The Labute approximate surface area is 211 Å². The molecule has 3 atom stereocenters. The molecule has 3 N–H and O–H groups in total. The minimum atomic E-state index is -1.09. The van der Waals surface area contributed by atoms with E-state index in [-0.39, 0.29) is 19.5 Å². The molecule has 13 heteroatoms. The molecule has 1 aromatic carbocycles. The second-order valence-corrected chi connectivity index (χ2v) is 11.0. The van der Waals surface area contributed by atoms with Crippen molar-refractivity contribution >= 4 is 53.1 Å². The lowest BCUT2D eigenvalue weighted by molar-refractivity contribution is -0.161. The van der Waals surface area contributed by atoms with Gasteiger partial charge in [0.2, 0.25) is 11.8 Å². The molecule has 0 spiro atoms. The van der Waals surface area contributed by atoms with Gasteiger partial charge in [-0.25, -0.2) is 9.59 Å². The summed E-state index contributed by atoms with van der Waals surface area (Å²) in [5.74, 6) is -3.68. The highest BCUT2D eigenvalue weighted by Gasteiger charge is 2.64. The minimum Gasteiger partial charge on any atom is -0.480 e. The number of thioether (sulfide) groups is 1. The third kappa shape index (κ3) is 4.38. The molecule has 3 heterocycles. The summed E-state index contributed by atoms with van der Waals surface area (Å²) in [5, 5.41) is 14.3. The molecular weight excluding hydrogens is 490 g/mol. The molecule has 3 fully saturated rings. The summed E-state index contributed by atoms with van der Waals surface area (Å²) < 4.78 is -0.704. The van der Waals surface area contributed by atoms with Crippen LogP contribution in [-0.2, 0) is 30.4 Å². The molecule has 3 aliphatic rings. The second-order valence-electron chi connectivity index (χ2n) is 9.25. The Hall–Kier alpha value is -3.61. The molecular formula is C23H27N5O7S. The van der Waals surface area contributed by atoms with E-state index >= 15 is 0 Å². The van der Waals surface area contributed by atoms with Gasteiger partial charge in [-0.3, -0.25) is 24.1 Å². The molecule has 0 radical (unpaired) electrons. The molecule has 3 aliphatic heterocycles. The topological polar surface area (TPSA) is 156 Å². The lowest BCUT2D eigenvalue weighted by Crippen LogP contribution is -2.70. The molecule has 6 amide bonds. The van der Waals surface area contributed by atoms with Crippen molar-refractivity contribution in [3.8, 4) is 0 Å². The first-order chi connectivity index (χ1) is 17.0. The van der Waals surface area contributed by atoms with Gasteiger partial charge < -0.3 is 25.5 Å². The number of aliphatic carboxylic acids is 1. The van der Waals surface area contributed by atoms with Gasteiger partial charge in [0.05, 0.1) is 6.42 Å². The van der Waals surface area contributed by atoms with Crippen molar-refractivity contribution < 1.29 is 33.9 Å². The number of imide groups is 1. The van der Waals surface area contributed by atoms with Gasteiger partial charge in [0.15, 0.2) is 0 Å². The zero-order chi connectivity index (χ0) is 26.4. The lowest BCUT2D eigenvalue weighted by atomic mass is 9.96. The monoisotopic (exact) mass is 517 g/mol. The predicted molar refractivity (Wildman–Crippen MR) is 129 cm³/mol. The van der Waals surface area contributed by atoms with Crippen LogP contribution in [0.1, 0.15) is 26.3 Å². The predicted octanol–water partition coefficient (Wildman–Crippen LogP) is 0.0834. The number of hydrogen-bond acceptors (Lipinski definition) is 7. The van der Waals surface area contributed by atoms with Crippen LogP contribution in [0.2, 0.25) is 0 Å². The average molecular weight is 518 g/mol. The van der Waals surface area contributed by atoms with Crippen LogP contribution in [0.25, 0.3) is 0 Å². The fourth-order valence-corrected chi connectivity index (χ4v) is 6.32. The molecule has 1 unspecified atom stereocenters. The van der Waals surface area contributed by atoms with Crippen molar-refractivity contribution in [1.82, 2.24) is 20.0 Å². The number of carboxylic acid groups (broad SMARTS) is 1. The smallest absolute Gasteiger partial charge is 0.329 e. The summed E-state index contributed by atoms with van der Waals surface area (Å²) in [6, 6.07) is 3.93. The van der Waals surface area contributed by atoms with E-state index in [1.807, 2.05) is 0 Å². The van der Waals surface area contributed by atoms with Gasteiger partial charge in [0.25, 0.3) is 0 Å². The van der Waals surface area contributed by atoms with Gasteiger partial charge in [0.1, 0.15) is 17.5 Å². The highest BCUT2D eigenvalue weighted by Crippen LogP contribution is 2.50. The molecule has 4 rings (SSSR count). The standard InChI is InChI=1S/C23H27N5O7S/c1-4-26-9-10-27(19(32)18(26)31)22(35)24-13-8-6-5-7-12(13)11-14(29)25-15-17(30)28-16(21(33)34)23(2,3)36-20(15)28/h5-8,15-16,20H,4,9-11H2,1-3H3,(H,24,35)(H,25,29)(H,33,34)/t15?,16-,20+/m0/s1. The van der Waals surface area contributed by atoms with E-state index in [1.165, 1.54) is 21.6 Å². The van der Waals surface area contributed by atoms with Crippen molar-refractivity contribution in [2.24, 2.45) is 0 Å². The number of amides is 6. The van der Waals surface area contributed by atoms with Crippen LogP contribution in [-0.4, -0.2) is 97.3 Å². The van der Waals surface area contributed by atoms with Crippen molar-refractivity contribution in [3.05, 3.63) is 29.8 Å². The molecule has 192 valence electrons. The van der Waals surface area contributed by atoms with Gasteiger partial charge >= 0.3 is 23.8 Å². The largest absolute Gasteiger partial charge is 0.480 e. The fourth-order valence-electron chi connectivity index (χ4n) is 4.69. The van der Waals surface area contributed by atoms with E-state index in [4.69, 9.17) is 0 Å². The number of carbonyl (C=O) groups excluding carboxylic acids is 5. The first-order valence-corrected chi connectivity index (χ1v) is 12.4. The van der Waals surface area contributed by atoms with Gasteiger partial charge in [-0.1, -0.05) is 18.2 Å². The molecule has 12 nitrogen and oxygen atoms in total. The van der Waals surface area contributed by atoms with Crippen LogP contribution in [0, 0.1) is 0 Å². The average Bonchev–Trinajstić information content (AvgIpc) is 3.08. The van der Waals surface area contributed by atoms with Gasteiger partial charge in [-0.15, -0.1) is 11.8 Å². The molecule has 0 saturated carbocycles. The van der Waals surface area contributed by atoms with Crippen LogP contribution in [0.3, 0.4) is 0 Å². The maximum absolute atomic E-state index is 12.8. The van der Waals surface area contributed by atoms with Crippen molar-refractivity contribution in [1.29, 1.82) is 0 Å². The molecule has 1 aromatic rings. The summed E-state index contributed by atoms with van der Waals surface area (Å²) in [7, 11) is 0. The molecule has 36 heavy (non-hydrogen) atoms. The molecule has 0 bridgehead atoms. The van der Waals surface area contributed by atoms with Gasteiger partial charge in [0, 0.05) is 30.1 Å². The number of nitrogens with one attached hydrogen (secondary N) is 2. The number of anilines is 1. The number of nitrogens with zero attached hydrogens (tertiary/aromatic N) is 3. The number of hydrogen-bond donors (Lipinski definition) is 3. The highest BCUT2D eigenvalue weighted by atomic mass is 32.2. The Morgan fingerprint density at radius 2 is 1.81 bits per heavy atom.